The topological polar surface area (TPSA) is 66.6 Å². The average Bonchev–Trinajstić information content (AvgIpc) is 3.03. The fourth-order valence-corrected chi connectivity index (χ4v) is 3.98. The van der Waals surface area contributed by atoms with Crippen LogP contribution in [0.1, 0.15) is 51.0 Å². The molecule has 2 heterocycles. The van der Waals surface area contributed by atoms with Gasteiger partial charge in [0.25, 0.3) is 0 Å². The Bertz CT molecular complexity index is 495. The largest absolute Gasteiger partial charge is 0.388 e. The maximum atomic E-state index is 11.2. The van der Waals surface area contributed by atoms with Crippen LogP contribution in [0, 0.1) is 15.5 Å². The number of nitrogens with zero attached hydrogens (tertiary/aromatic N) is 2. The van der Waals surface area contributed by atoms with E-state index in [4.69, 9.17) is 0 Å². The van der Waals surface area contributed by atoms with Crippen LogP contribution in [0.5, 0.6) is 0 Å². The van der Waals surface area contributed by atoms with E-state index in [0.717, 1.165) is 32.4 Å². The summed E-state index contributed by atoms with van der Waals surface area (Å²) in [5.41, 5.74) is 0.414. The second-order valence-corrected chi connectivity index (χ2v) is 6.71. The molecule has 1 fully saturated rings. The van der Waals surface area contributed by atoms with E-state index < -0.39 is 6.10 Å². The highest BCUT2D eigenvalue weighted by Crippen LogP contribution is 2.46. The normalized spacial score (nSPS) is 19.3. The highest BCUT2D eigenvalue weighted by molar-refractivity contribution is 7.16. The molecule has 1 N–H and O–H groups in total. The predicted octanol–water partition coefficient (Wildman–Crippen LogP) is 3.73. The van der Waals surface area contributed by atoms with Gasteiger partial charge in [-0.15, -0.1) is 11.3 Å². The maximum absolute atomic E-state index is 11.2. The smallest absolute Gasteiger partial charge is 0.304 e. The van der Waals surface area contributed by atoms with E-state index in [9.17, 15) is 15.2 Å². The van der Waals surface area contributed by atoms with Crippen molar-refractivity contribution in [3.05, 3.63) is 21.1 Å². The molecule has 112 valence electrons. The number of anilines is 1. The molecule has 1 aromatic heterocycles. The van der Waals surface area contributed by atoms with E-state index in [-0.39, 0.29) is 16.0 Å². The number of thiophene rings is 1. The molecule has 0 aliphatic carbocycles. The molecule has 0 spiro atoms. The van der Waals surface area contributed by atoms with Gasteiger partial charge in [-0.3, -0.25) is 10.1 Å². The van der Waals surface area contributed by atoms with Gasteiger partial charge in [-0.2, -0.15) is 0 Å². The Kier molecular flexibility index (Phi) is 4.34. The molecule has 1 aliphatic heterocycles. The first-order chi connectivity index (χ1) is 9.42. The van der Waals surface area contributed by atoms with Crippen LogP contribution in [0.4, 0.5) is 10.7 Å². The van der Waals surface area contributed by atoms with Crippen LogP contribution in [0.25, 0.3) is 0 Å². The zero-order chi connectivity index (χ0) is 14.9. The fraction of sp³-hybridized carbons (Fsp3) is 0.714. The number of rotatable bonds is 5. The van der Waals surface area contributed by atoms with Crippen LogP contribution in [-0.2, 0) is 0 Å². The van der Waals surface area contributed by atoms with E-state index in [1.165, 1.54) is 17.4 Å². The zero-order valence-corrected chi connectivity index (χ0v) is 13.1. The lowest BCUT2D eigenvalue weighted by Gasteiger charge is -2.26. The van der Waals surface area contributed by atoms with Crippen molar-refractivity contribution in [3.8, 4) is 0 Å². The molecule has 1 aromatic rings. The van der Waals surface area contributed by atoms with Crippen LogP contribution >= 0.6 is 11.3 Å². The van der Waals surface area contributed by atoms with E-state index in [0.29, 0.717) is 9.88 Å². The number of nitro groups is 1. The quantitative estimate of drug-likeness (QED) is 0.664. The first kappa shape index (κ1) is 15.3. The lowest BCUT2D eigenvalue weighted by Crippen LogP contribution is -2.25. The van der Waals surface area contributed by atoms with Gasteiger partial charge in [0.1, 0.15) is 0 Å². The van der Waals surface area contributed by atoms with Crippen LogP contribution < -0.4 is 4.90 Å². The van der Waals surface area contributed by atoms with Gasteiger partial charge < -0.3 is 10.0 Å². The molecular weight excluding hydrogens is 276 g/mol. The molecular formula is C14H22N2O3S. The van der Waals surface area contributed by atoms with Crippen LogP contribution in [-0.4, -0.2) is 23.1 Å². The molecule has 6 heteroatoms. The monoisotopic (exact) mass is 298 g/mol. The second-order valence-electron chi connectivity index (χ2n) is 5.65. The second kappa shape index (κ2) is 5.69. The Morgan fingerprint density at radius 2 is 2.20 bits per heavy atom. The molecule has 0 bridgehead atoms. The van der Waals surface area contributed by atoms with Crippen LogP contribution in [0.2, 0.25) is 0 Å². The van der Waals surface area contributed by atoms with Gasteiger partial charge in [-0.25, -0.2) is 0 Å². The molecule has 0 aromatic carbocycles. The van der Waals surface area contributed by atoms with Crippen molar-refractivity contribution in [3.63, 3.8) is 0 Å². The first-order valence-corrected chi connectivity index (χ1v) is 7.95. The summed E-state index contributed by atoms with van der Waals surface area (Å²) in [5.74, 6) is 0. The molecule has 0 amide bonds. The summed E-state index contributed by atoms with van der Waals surface area (Å²) < 4.78 is 0. The molecule has 1 saturated heterocycles. The number of aliphatic hydroxyl groups is 1. The Balaban J connectivity index is 2.31. The van der Waals surface area contributed by atoms with E-state index in [2.05, 4.69) is 18.7 Å². The number of aliphatic hydroxyl groups excluding tert-OH is 1. The van der Waals surface area contributed by atoms with Crippen LogP contribution in [0.15, 0.2) is 6.07 Å². The van der Waals surface area contributed by atoms with Crippen molar-refractivity contribution in [2.45, 2.75) is 46.1 Å². The first-order valence-electron chi connectivity index (χ1n) is 7.13. The van der Waals surface area contributed by atoms with Gasteiger partial charge in [0.15, 0.2) is 5.00 Å². The molecule has 1 aliphatic rings. The summed E-state index contributed by atoms with van der Waals surface area (Å²) >= 11 is 1.35. The minimum absolute atomic E-state index is 0.133. The van der Waals surface area contributed by atoms with E-state index in [1.54, 1.807) is 6.92 Å². The Morgan fingerprint density at radius 3 is 2.65 bits per heavy atom. The molecule has 2 rings (SSSR count). The summed E-state index contributed by atoms with van der Waals surface area (Å²) in [5, 5.41) is 21.6. The standard InChI is InChI=1S/C14H22N2O3S/c1-4-14(5-2)6-7-15(9-14)13-11(16(18)19)8-12(20-13)10(3)17/h8,10,17H,4-7,9H2,1-3H3/t10-/m0/s1. The highest BCUT2D eigenvalue weighted by atomic mass is 32.1. The summed E-state index contributed by atoms with van der Waals surface area (Å²) in [7, 11) is 0. The minimum Gasteiger partial charge on any atom is -0.388 e. The summed E-state index contributed by atoms with van der Waals surface area (Å²) in [6.07, 6.45) is 2.63. The van der Waals surface area contributed by atoms with E-state index >= 15 is 0 Å². The molecule has 0 radical (unpaired) electrons. The molecule has 0 unspecified atom stereocenters. The third-order valence-electron chi connectivity index (χ3n) is 4.55. The van der Waals surface area contributed by atoms with Gasteiger partial charge in [0, 0.05) is 24.0 Å². The van der Waals surface area contributed by atoms with Crippen molar-refractivity contribution in [2.75, 3.05) is 18.0 Å². The summed E-state index contributed by atoms with van der Waals surface area (Å²) in [4.78, 5) is 13.7. The van der Waals surface area contributed by atoms with Gasteiger partial charge >= 0.3 is 5.69 Å². The zero-order valence-electron chi connectivity index (χ0n) is 12.3. The highest BCUT2D eigenvalue weighted by Gasteiger charge is 2.38. The summed E-state index contributed by atoms with van der Waals surface area (Å²) in [6, 6.07) is 1.52. The SMILES string of the molecule is CCC1(CC)CCN(c2sc([C@H](C)O)cc2[N+](=O)[O-])C1. The number of hydrogen-bond donors (Lipinski definition) is 1. The predicted molar refractivity (Wildman–Crippen MR) is 81.5 cm³/mol. The van der Waals surface area contributed by atoms with Gasteiger partial charge in [0.05, 0.1) is 11.0 Å². The van der Waals surface area contributed by atoms with E-state index in [1.807, 2.05) is 0 Å². The lowest BCUT2D eigenvalue weighted by atomic mass is 9.82. The fourth-order valence-electron chi connectivity index (χ4n) is 2.89. The Morgan fingerprint density at radius 1 is 1.55 bits per heavy atom. The van der Waals surface area contributed by atoms with Crippen LogP contribution in [0.3, 0.4) is 0 Å². The number of hydrogen-bond acceptors (Lipinski definition) is 5. The van der Waals surface area contributed by atoms with Gasteiger partial charge in [0.2, 0.25) is 0 Å². The molecule has 1 atom stereocenters. The lowest BCUT2D eigenvalue weighted by molar-refractivity contribution is -0.383. The van der Waals surface area contributed by atoms with Gasteiger partial charge in [-0.05, 0) is 31.6 Å². The van der Waals surface area contributed by atoms with Crippen molar-refractivity contribution in [1.82, 2.24) is 0 Å². The third-order valence-corrected chi connectivity index (χ3v) is 5.90. The Labute approximate surface area is 123 Å². The average molecular weight is 298 g/mol. The minimum atomic E-state index is -0.655. The molecule has 20 heavy (non-hydrogen) atoms. The Hall–Kier alpha value is -1.14. The third kappa shape index (κ3) is 2.67. The van der Waals surface area contributed by atoms with Gasteiger partial charge in [-0.1, -0.05) is 13.8 Å². The van der Waals surface area contributed by atoms with Crippen molar-refractivity contribution in [1.29, 1.82) is 0 Å². The van der Waals surface area contributed by atoms with Crippen molar-refractivity contribution in [2.24, 2.45) is 5.41 Å². The maximum Gasteiger partial charge on any atom is 0.304 e. The molecule has 5 nitrogen and oxygen atoms in total. The summed E-state index contributed by atoms with van der Waals surface area (Å²) in [6.45, 7) is 7.77. The van der Waals surface area contributed by atoms with Crippen molar-refractivity contribution < 1.29 is 10.0 Å². The van der Waals surface area contributed by atoms with Crippen molar-refractivity contribution >= 4 is 22.0 Å². The molecule has 0 saturated carbocycles.